The smallest absolute Gasteiger partial charge is 0.275 e. The second kappa shape index (κ2) is 5.77. The Balaban J connectivity index is 1.59. The fraction of sp³-hybridized carbons (Fsp3) is 0.250. The number of morpholine rings is 1. The van der Waals surface area contributed by atoms with Gasteiger partial charge in [-0.3, -0.25) is 19.9 Å². The van der Waals surface area contributed by atoms with Gasteiger partial charge in [0.1, 0.15) is 6.10 Å². The Kier molecular flexibility index (Phi) is 3.47. The van der Waals surface area contributed by atoms with Gasteiger partial charge in [0.2, 0.25) is 0 Å². The lowest BCUT2D eigenvalue weighted by atomic mass is 10.1. The summed E-state index contributed by atoms with van der Waals surface area (Å²) in [7, 11) is 0. The summed E-state index contributed by atoms with van der Waals surface area (Å²) in [5.41, 5.74) is 2.03. The molecule has 0 saturated carbocycles. The first-order chi connectivity index (χ1) is 11.3. The van der Waals surface area contributed by atoms with Crippen LogP contribution in [0.5, 0.6) is 0 Å². The highest BCUT2D eigenvalue weighted by molar-refractivity contribution is 6.04. The minimum atomic E-state index is -0.258. The topological polar surface area (TPSA) is 84.0 Å². The molecule has 1 saturated heterocycles. The van der Waals surface area contributed by atoms with E-state index in [0.29, 0.717) is 25.4 Å². The van der Waals surface area contributed by atoms with Crippen LogP contribution in [0.15, 0.2) is 42.9 Å². The highest BCUT2D eigenvalue weighted by Crippen LogP contribution is 2.23. The van der Waals surface area contributed by atoms with Crippen LogP contribution in [0.4, 0.5) is 0 Å². The number of hydrogen-bond acceptors (Lipinski definition) is 5. The number of carbonyl (C=O) groups excluding carboxylic acids is 1. The van der Waals surface area contributed by atoms with E-state index in [4.69, 9.17) is 4.74 Å². The van der Waals surface area contributed by atoms with Crippen molar-refractivity contribution in [1.29, 1.82) is 0 Å². The molecule has 1 aliphatic rings. The van der Waals surface area contributed by atoms with Crippen molar-refractivity contribution in [3.63, 3.8) is 0 Å². The van der Waals surface area contributed by atoms with Crippen LogP contribution in [-0.4, -0.2) is 50.7 Å². The highest BCUT2D eigenvalue weighted by Gasteiger charge is 2.29. The van der Waals surface area contributed by atoms with Gasteiger partial charge in [0.25, 0.3) is 5.91 Å². The minimum Gasteiger partial charge on any atom is -0.368 e. The number of ether oxygens (including phenoxy) is 1. The van der Waals surface area contributed by atoms with Gasteiger partial charge in [0.05, 0.1) is 30.6 Å². The van der Waals surface area contributed by atoms with E-state index >= 15 is 0 Å². The number of amides is 1. The molecule has 1 fully saturated rings. The summed E-state index contributed by atoms with van der Waals surface area (Å²) in [4.78, 5) is 22.9. The van der Waals surface area contributed by atoms with E-state index in [1.54, 1.807) is 23.5 Å². The number of aromatic amines is 1. The number of nitrogens with zero attached hydrogens (tertiary/aromatic N) is 4. The molecule has 0 radical (unpaired) electrons. The molecule has 2 aromatic heterocycles. The minimum absolute atomic E-state index is 0.0976. The first-order valence-electron chi connectivity index (χ1n) is 7.43. The van der Waals surface area contributed by atoms with Crippen molar-refractivity contribution in [1.82, 2.24) is 25.1 Å². The summed E-state index contributed by atoms with van der Waals surface area (Å²) in [5, 5.41) is 7.92. The molecule has 1 amide bonds. The van der Waals surface area contributed by atoms with Crippen LogP contribution >= 0.6 is 0 Å². The van der Waals surface area contributed by atoms with E-state index in [9.17, 15) is 4.79 Å². The molecule has 3 aromatic rings. The van der Waals surface area contributed by atoms with Crippen molar-refractivity contribution in [2.45, 2.75) is 6.10 Å². The van der Waals surface area contributed by atoms with Crippen molar-refractivity contribution in [3.05, 3.63) is 54.2 Å². The van der Waals surface area contributed by atoms with Crippen LogP contribution < -0.4 is 0 Å². The number of rotatable bonds is 2. The lowest BCUT2D eigenvalue weighted by Crippen LogP contribution is -2.42. The largest absolute Gasteiger partial charge is 0.368 e. The summed E-state index contributed by atoms with van der Waals surface area (Å²) in [6.07, 6.45) is 4.65. The van der Waals surface area contributed by atoms with Gasteiger partial charge >= 0.3 is 0 Å². The maximum Gasteiger partial charge on any atom is 0.275 e. The number of H-pyrrole nitrogens is 1. The van der Waals surface area contributed by atoms with E-state index in [1.807, 2.05) is 24.3 Å². The summed E-state index contributed by atoms with van der Waals surface area (Å²) in [6, 6.07) is 7.61. The fourth-order valence-corrected chi connectivity index (χ4v) is 2.77. The molecule has 1 aliphatic heterocycles. The molecule has 0 unspecified atom stereocenters. The number of carbonyl (C=O) groups is 1. The summed E-state index contributed by atoms with van der Waals surface area (Å²) in [5.74, 6) is -0.0976. The zero-order valence-corrected chi connectivity index (χ0v) is 12.3. The Bertz CT molecular complexity index is 833. The Morgan fingerprint density at radius 1 is 1.30 bits per heavy atom. The molecule has 7 nitrogen and oxygen atoms in total. The van der Waals surface area contributed by atoms with Crippen molar-refractivity contribution in [2.24, 2.45) is 0 Å². The number of hydrogen-bond donors (Lipinski definition) is 1. The maximum absolute atomic E-state index is 12.8. The van der Waals surface area contributed by atoms with Crippen LogP contribution in [0.25, 0.3) is 10.9 Å². The monoisotopic (exact) mass is 309 g/mol. The van der Waals surface area contributed by atoms with Crippen LogP contribution in [0.1, 0.15) is 22.3 Å². The van der Waals surface area contributed by atoms with E-state index in [0.717, 1.165) is 16.6 Å². The molecule has 0 aliphatic carbocycles. The van der Waals surface area contributed by atoms with Gasteiger partial charge in [-0.2, -0.15) is 5.10 Å². The lowest BCUT2D eigenvalue weighted by Gasteiger charge is -2.32. The maximum atomic E-state index is 12.8. The molecule has 1 N–H and O–H groups in total. The molecule has 0 spiro atoms. The average molecular weight is 309 g/mol. The molecule has 0 bridgehead atoms. The quantitative estimate of drug-likeness (QED) is 0.776. The van der Waals surface area contributed by atoms with Gasteiger partial charge < -0.3 is 9.64 Å². The number of fused-ring (bicyclic) bond motifs is 1. The highest BCUT2D eigenvalue weighted by atomic mass is 16.5. The standard InChI is InChI=1S/C16H15N5O2/c22-16(15-11-3-1-2-4-12(11)19-20-15)21-7-8-23-14(10-21)13-9-17-5-6-18-13/h1-6,9,14H,7-8,10H2,(H,19,20)/t14-/m1/s1. The van der Waals surface area contributed by atoms with Crippen molar-refractivity contribution in [3.8, 4) is 0 Å². The van der Waals surface area contributed by atoms with Gasteiger partial charge in [-0.05, 0) is 6.07 Å². The second-order valence-electron chi connectivity index (χ2n) is 5.36. The zero-order chi connectivity index (χ0) is 15.6. The molecule has 1 atom stereocenters. The van der Waals surface area contributed by atoms with Crippen molar-refractivity contribution in [2.75, 3.05) is 19.7 Å². The number of nitrogens with one attached hydrogen (secondary N) is 1. The lowest BCUT2D eigenvalue weighted by molar-refractivity contribution is -0.0250. The zero-order valence-electron chi connectivity index (χ0n) is 12.3. The molecule has 23 heavy (non-hydrogen) atoms. The molecule has 7 heteroatoms. The molecule has 3 heterocycles. The van der Waals surface area contributed by atoms with Crippen LogP contribution in [-0.2, 0) is 4.74 Å². The van der Waals surface area contributed by atoms with Gasteiger partial charge in [0, 0.05) is 24.3 Å². The normalized spacial score (nSPS) is 18.3. The van der Waals surface area contributed by atoms with Crippen LogP contribution in [0, 0.1) is 0 Å². The van der Waals surface area contributed by atoms with Crippen molar-refractivity contribution >= 4 is 16.8 Å². The van der Waals surface area contributed by atoms with Crippen molar-refractivity contribution < 1.29 is 9.53 Å². The van der Waals surface area contributed by atoms with E-state index in [-0.39, 0.29) is 12.0 Å². The van der Waals surface area contributed by atoms with Gasteiger partial charge in [-0.15, -0.1) is 0 Å². The van der Waals surface area contributed by atoms with Gasteiger partial charge in [-0.25, -0.2) is 0 Å². The fourth-order valence-electron chi connectivity index (χ4n) is 2.77. The van der Waals surface area contributed by atoms with E-state index in [1.165, 1.54) is 0 Å². The molecule has 1 aromatic carbocycles. The average Bonchev–Trinajstić information content (AvgIpc) is 3.06. The summed E-state index contributed by atoms with van der Waals surface area (Å²) >= 11 is 0. The van der Waals surface area contributed by atoms with Crippen LogP contribution in [0.2, 0.25) is 0 Å². The van der Waals surface area contributed by atoms with Gasteiger partial charge in [-0.1, -0.05) is 18.2 Å². The van der Waals surface area contributed by atoms with Gasteiger partial charge in [0.15, 0.2) is 5.69 Å². The third-order valence-electron chi connectivity index (χ3n) is 3.94. The molecule has 4 rings (SSSR count). The third kappa shape index (κ3) is 2.55. The first kappa shape index (κ1) is 13.8. The predicted molar refractivity (Wildman–Crippen MR) is 82.7 cm³/mol. The number of aromatic nitrogens is 4. The molecule has 116 valence electrons. The van der Waals surface area contributed by atoms with E-state index in [2.05, 4.69) is 20.2 Å². The number of para-hydroxylation sites is 1. The predicted octanol–water partition coefficient (Wildman–Crippen LogP) is 1.57. The van der Waals surface area contributed by atoms with E-state index < -0.39 is 0 Å². The van der Waals surface area contributed by atoms with Crippen LogP contribution in [0.3, 0.4) is 0 Å². The molecular weight excluding hydrogens is 294 g/mol. The Morgan fingerprint density at radius 2 is 2.22 bits per heavy atom. The third-order valence-corrected chi connectivity index (χ3v) is 3.94. The Labute approximate surface area is 132 Å². The first-order valence-corrected chi connectivity index (χ1v) is 7.43. The summed E-state index contributed by atoms with van der Waals surface area (Å²) < 4.78 is 5.72. The molecular formula is C16H15N5O2. The summed E-state index contributed by atoms with van der Waals surface area (Å²) in [6.45, 7) is 1.45. The Hall–Kier alpha value is -2.80. The SMILES string of the molecule is O=C(c1n[nH]c2ccccc12)N1CCO[C@@H](c2cnccn2)C1. The Morgan fingerprint density at radius 3 is 3.09 bits per heavy atom. The second-order valence-corrected chi connectivity index (χ2v) is 5.36. The number of benzene rings is 1.